The van der Waals surface area contributed by atoms with E-state index in [4.69, 9.17) is 15.9 Å². The summed E-state index contributed by atoms with van der Waals surface area (Å²) in [6.45, 7) is 13.5. The van der Waals surface area contributed by atoms with Gasteiger partial charge in [0.15, 0.2) is 0 Å². The van der Waals surface area contributed by atoms with E-state index in [1.165, 1.54) is 36.0 Å². The van der Waals surface area contributed by atoms with Crippen molar-refractivity contribution in [1.82, 2.24) is 0 Å². The lowest BCUT2D eigenvalue weighted by molar-refractivity contribution is -0.143. The van der Waals surface area contributed by atoms with Crippen molar-refractivity contribution in [3.05, 3.63) is 52.6 Å². The molecule has 0 bridgehead atoms. The van der Waals surface area contributed by atoms with Crippen LogP contribution in [0.3, 0.4) is 0 Å². The predicted molar refractivity (Wildman–Crippen MR) is 145 cm³/mol. The standard InChI is InChI=1S/C32H42O3/c1-8-11-12-13-14-25-20-29-28(31(4,5)22-32(6,7)35-29)21-27(25)26-16-15-24(23(9-2)19-26)17-18-30(33)34-10-3/h2,15-16,19-21H,8,10-14,17-18,22H2,1,3-7H3. The van der Waals surface area contributed by atoms with Crippen LogP contribution in [-0.4, -0.2) is 18.2 Å². The summed E-state index contributed by atoms with van der Waals surface area (Å²) in [6.07, 6.45) is 13.7. The van der Waals surface area contributed by atoms with Gasteiger partial charge in [0, 0.05) is 17.5 Å². The summed E-state index contributed by atoms with van der Waals surface area (Å²) in [7, 11) is 0. The van der Waals surface area contributed by atoms with Crippen LogP contribution in [0.15, 0.2) is 30.3 Å². The number of carbonyl (C=O) groups excluding carboxylic acids is 1. The molecule has 0 radical (unpaired) electrons. The Morgan fingerprint density at radius 2 is 1.80 bits per heavy atom. The molecule has 0 atom stereocenters. The van der Waals surface area contributed by atoms with E-state index < -0.39 is 0 Å². The third-order valence-corrected chi connectivity index (χ3v) is 6.97. The highest BCUT2D eigenvalue weighted by atomic mass is 16.5. The first-order valence-corrected chi connectivity index (χ1v) is 13.2. The van der Waals surface area contributed by atoms with Crippen LogP contribution in [0.5, 0.6) is 5.75 Å². The zero-order chi connectivity index (χ0) is 25.6. The lowest BCUT2D eigenvalue weighted by atomic mass is 9.72. The van der Waals surface area contributed by atoms with Crippen molar-refractivity contribution in [2.24, 2.45) is 0 Å². The molecule has 0 saturated heterocycles. The van der Waals surface area contributed by atoms with Gasteiger partial charge < -0.3 is 9.47 Å². The number of aryl methyl sites for hydroxylation is 2. The first-order chi connectivity index (χ1) is 16.6. The Hall–Kier alpha value is -2.73. The highest BCUT2D eigenvalue weighted by Crippen LogP contribution is 2.47. The number of terminal acetylenes is 1. The average molecular weight is 475 g/mol. The first kappa shape index (κ1) is 26.9. The van der Waals surface area contributed by atoms with Crippen LogP contribution >= 0.6 is 0 Å². The van der Waals surface area contributed by atoms with E-state index >= 15 is 0 Å². The molecular formula is C32H42O3. The molecule has 0 aliphatic carbocycles. The number of esters is 1. The van der Waals surface area contributed by atoms with Crippen LogP contribution in [-0.2, 0) is 27.8 Å². The van der Waals surface area contributed by atoms with E-state index in [0.29, 0.717) is 19.4 Å². The Balaban J connectivity index is 2.02. The van der Waals surface area contributed by atoms with Gasteiger partial charge in [-0.3, -0.25) is 4.79 Å². The van der Waals surface area contributed by atoms with Crippen molar-refractivity contribution in [2.45, 2.75) is 104 Å². The number of fused-ring (bicyclic) bond motifs is 1. The van der Waals surface area contributed by atoms with Gasteiger partial charge in [0.05, 0.1) is 6.61 Å². The molecule has 0 N–H and O–H groups in total. The van der Waals surface area contributed by atoms with E-state index in [0.717, 1.165) is 41.7 Å². The van der Waals surface area contributed by atoms with Crippen LogP contribution in [0.25, 0.3) is 11.1 Å². The molecule has 188 valence electrons. The van der Waals surface area contributed by atoms with Gasteiger partial charge in [-0.25, -0.2) is 0 Å². The molecule has 0 aromatic heterocycles. The Kier molecular flexibility index (Phi) is 8.70. The highest BCUT2D eigenvalue weighted by Gasteiger charge is 2.39. The maximum atomic E-state index is 11.9. The minimum atomic E-state index is -0.186. The summed E-state index contributed by atoms with van der Waals surface area (Å²) < 4.78 is 11.6. The fourth-order valence-electron chi connectivity index (χ4n) is 5.51. The van der Waals surface area contributed by atoms with Gasteiger partial charge in [0.2, 0.25) is 0 Å². The van der Waals surface area contributed by atoms with Crippen LogP contribution in [0.4, 0.5) is 0 Å². The lowest BCUT2D eigenvalue weighted by Crippen LogP contribution is -2.41. The molecule has 1 aliphatic heterocycles. The molecule has 3 heteroatoms. The minimum absolute atomic E-state index is 0.0150. The van der Waals surface area contributed by atoms with E-state index in [9.17, 15) is 4.79 Å². The van der Waals surface area contributed by atoms with Crippen LogP contribution in [0.1, 0.15) is 102 Å². The second kappa shape index (κ2) is 11.3. The molecule has 3 rings (SSSR count). The number of rotatable bonds is 10. The largest absolute Gasteiger partial charge is 0.488 e. The SMILES string of the molecule is C#Cc1cc(-c2cc3c(cc2CCCCCC)OC(C)(C)CC3(C)C)ccc1CCC(=O)OCC. The summed E-state index contributed by atoms with van der Waals surface area (Å²) in [6, 6.07) is 11.0. The first-order valence-electron chi connectivity index (χ1n) is 13.2. The van der Waals surface area contributed by atoms with Crippen molar-refractivity contribution in [2.75, 3.05) is 6.61 Å². The van der Waals surface area contributed by atoms with Crippen LogP contribution in [0, 0.1) is 12.3 Å². The van der Waals surface area contributed by atoms with Crippen molar-refractivity contribution in [3.8, 4) is 29.2 Å². The number of hydrogen-bond donors (Lipinski definition) is 0. The molecule has 35 heavy (non-hydrogen) atoms. The molecule has 1 heterocycles. The summed E-state index contributed by atoms with van der Waals surface area (Å²) in [5.74, 6) is 3.68. The van der Waals surface area contributed by atoms with Gasteiger partial charge >= 0.3 is 5.97 Å². The molecule has 2 aromatic carbocycles. The Morgan fingerprint density at radius 3 is 2.49 bits per heavy atom. The van der Waals surface area contributed by atoms with Gasteiger partial charge in [-0.1, -0.05) is 58.1 Å². The van der Waals surface area contributed by atoms with Crippen molar-refractivity contribution < 1.29 is 14.3 Å². The molecule has 2 aromatic rings. The Bertz CT molecular complexity index is 1080. The number of unbranched alkanes of at least 4 members (excludes halogenated alkanes) is 3. The third-order valence-electron chi connectivity index (χ3n) is 6.97. The molecule has 0 spiro atoms. The normalized spacial score (nSPS) is 15.6. The fourth-order valence-corrected chi connectivity index (χ4v) is 5.51. The molecule has 0 amide bonds. The van der Waals surface area contributed by atoms with Gasteiger partial charge in [-0.05, 0) is 92.3 Å². The Morgan fingerprint density at radius 1 is 1.03 bits per heavy atom. The topological polar surface area (TPSA) is 35.5 Å². The second-order valence-corrected chi connectivity index (χ2v) is 11.1. The molecule has 0 saturated carbocycles. The van der Waals surface area contributed by atoms with E-state index in [-0.39, 0.29) is 17.0 Å². The summed E-state index contributed by atoms with van der Waals surface area (Å²) in [5, 5.41) is 0. The van der Waals surface area contributed by atoms with E-state index in [2.05, 4.69) is 70.9 Å². The molecule has 1 aliphatic rings. The van der Waals surface area contributed by atoms with Gasteiger partial charge in [-0.15, -0.1) is 6.42 Å². The number of hydrogen-bond acceptors (Lipinski definition) is 3. The number of ether oxygens (including phenoxy) is 2. The number of carbonyl (C=O) groups is 1. The quantitative estimate of drug-likeness (QED) is 0.200. The second-order valence-electron chi connectivity index (χ2n) is 11.1. The summed E-state index contributed by atoms with van der Waals surface area (Å²) in [4.78, 5) is 11.9. The minimum Gasteiger partial charge on any atom is -0.488 e. The molecule has 0 fully saturated rings. The number of benzene rings is 2. The van der Waals surface area contributed by atoms with E-state index in [1.54, 1.807) is 0 Å². The molecular weight excluding hydrogens is 432 g/mol. The van der Waals surface area contributed by atoms with Crippen LogP contribution < -0.4 is 4.74 Å². The predicted octanol–water partition coefficient (Wildman–Crippen LogP) is 7.79. The highest BCUT2D eigenvalue weighted by molar-refractivity contribution is 5.73. The summed E-state index contributed by atoms with van der Waals surface area (Å²) >= 11 is 0. The van der Waals surface area contributed by atoms with E-state index in [1.807, 2.05) is 6.92 Å². The molecule has 0 unspecified atom stereocenters. The van der Waals surface area contributed by atoms with Gasteiger partial charge in [-0.2, -0.15) is 0 Å². The summed E-state index contributed by atoms with van der Waals surface area (Å²) in [5.41, 5.74) is 6.64. The van der Waals surface area contributed by atoms with Crippen molar-refractivity contribution >= 4 is 5.97 Å². The maximum Gasteiger partial charge on any atom is 0.306 e. The fraction of sp³-hybridized carbons (Fsp3) is 0.531. The third kappa shape index (κ3) is 6.69. The zero-order valence-electron chi connectivity index (χ0n) is 22.6. The maximum absolute atomic E-state index is 11.9. The van der Waals surface area contributed by atoms with Crippen LogP contribution in [0.2, 0.25) is 0 Å². The zero-order valence-corrected chi connectivity index (χ0v) is 22.6. The molecule has 3 nitrogen and oxygen atoms in total. The van der Waals surface area contributed by atoms with Crippen molar-refractivity contribution in [1.29, 1.82) is 0 Å². The smallest absolute Gasteiger partial charge is 0.306 e. The average Bonchev–Trinajstić information content (AvgIpc) is 2.79. The Labute approximate surface area is 212 Å². The van der Waals surface area contributed by atoms with Gasteiger partial charge in [0.1, 0.15) is 11.4 Å². The van der Waals surface area contributed by atoms with Crippen molar-refractivity contribution in [3.63, 3.8) is 0 Å². The monoisotopic (exact) mass is 474 g/mol. The van der Waals surface area contributed by atoms with Gasteiger partial charge in [0.25, 0.3) is 0 Å². The lowest BCUT2D eigenvalue weighted by Gasteiger charge is -2.43.